The Bertz CT molecular complexity index is 1070. The van der Waals surface area contributed by atoms with Gasteiger partial charge >= 0.3 is 0 Å². The van der Waals surface area contributed by atoms with Crippen molar-refractivity contribution < 1.29 is 23.4 Å². The van der Waals surface area contributed by atoms with E-state index in [-0.39, 0.29) is 18.3 Å². The zero-order valence-corrected chi connectivity index (χ0v) is 16.8. The molecule has 1 aliphatic heterocycles. The van der Waals surface area contributed by atoms with Crippen molar-refractivity contribution in [1.29, 1.82) is 0 Å². The zero-order chi connectivity index (χ0) is 21.3. The van der Waals surface area contributed by atoms with Gasteiger partial charge in [-0.2, -0.15) is 5.10 Å². The number of aromatic nitrogens is 3. The average molecular weight is 412 g/mol. The van der Waals surface area contributed by atoms with Crippen LogP contribution < -0.4 is 14.8 Å². The lowest BCUT2D eigenvalue weighted by Gasteiger charge is -2.32. The summed E-state index contributed by atoms with van der Waals surface area (Å²) < 4.78 is 31.6. The SMILES string of the molecule is COc1ccc([C@H]2NC(=O)CO[C@@H]2c2nc(C)nn2-c2ccc(F)cc2)cc1OC. The monoisotopic (exact) mass is 412 g/mol. The zero-order valence-electron chi connectivity index (χ0n) is 16.8. The molecule has 4 rings (SSSR count). The number of hydrogen-bond donors (Lipinski definition) is 1. The van der Waals surface area contributed by atoms with Crippen LogP contribution in [0.5, 0.6) is 11.5 Å². The quantitative estimate of drug-likeness (QED) is 0.693. The second-order valence-corrected chi connectivity index (χ2v) is 6.80. The van der Waals surface area contributed by atoms with Gasteiger partial charge in [0, 0.05) is 0 Å². The molecule has 1 amide bonds. The van der Waals surface area contributed by atoms with Crippen molar-refractivity contribution in [2.45, 2.75) is 19.1 Å². The number of carbonyl (C=O) groups excluding carboxylic acids is 1. The van der Waals surface area contributed by atoms with Crippen LogP contribution in [0, 0.1) is 12.7 Å². The maximum Gasteiger partial charge on any atom is 0.246 e. The maximum absolute atomic E-state index is 13.4. The predicted molar refractivity (Wildman–Crippen MR) is 105 cm³/mol. The molecule has 0 radical (unpaired) electrons. The number of benzene rings is 2. The van der Waals surface area contributed by atoms with Crippen LogP contribution in [0.3, 0.4) is 0 Å². The second-order valence-electron chi connectivity index (χ2n) is 6.80. The molecule has 8 nitrogen and oxygen atoms in total. The van der Waals surface area contributed by atoms with Gasteiger partial charge < -0.3 is 19.5 Å². The van der Waals surface area contributed by atoms with Crippen molar-refractivity contribution in [2.75, 3.05) is 20.8 Å². The number of aryl methyl sites for hydroxylation is 1. The highest BCUT2D eigenvalue weighted by atomic mass is 19.1. The van der Waals surface area contributed by atoms with E-state index in [1.807, 2.05) is 6.07 Å². The van der Waals surface area contributed by atoms with Crippen molar-refractivity contribution in [3.05, 3.63) is 65.5 Å². The lowest BCUT2D eigenvalue weighted by Crippen LogP contribution is -2.42. The molecule has 1 N–H and O–H groups in total. The van der Waals surface area contributed by atoms with E-state index >= 15 is 0 Å². The molecule has 0 spiro atoms. The predicted octanol–water partition coefficient (Wildman–Crippen LogP) is 2.66. The number of amides is 1. The molecule has 1 aromatic heterocycles. The van der Waals surface area contributed by atoms with E-state index in [1.54, 1.807) is 50.1 Å². The Morgan fingerprint density at radius 2 is 1.87 bits per heavy atom. The minimum atomic E-state index is -0.618. The molecule has 1 saturated heterocycles. The number of methoxy groups -OCH3 is 2. The summed E-state index contributed by atoms with van der Waals surface area (Å²) in [6.45, 7) is 1.65. The molecule has 2 atom stereocenters. The Morgan fingerprint density at radius 3 is 2.57 bits per heavy atom. The Kier molecular flexibility index (Phi) is 5.37. The number of nitrogens with zero attached hydrogens (tertiary/aromatic N) is 3. The summed E-state index contributed by atoms with van der Waals surface area (Å²) in [4.78, 5) is 16.7. The number of halogens is 1. The van der Waals surface area contributed by atoms with Gasteiger partial charge in [-0.15, -0.1) is 0 Å². The van der Waals surface area contributed by atoms with E-state index in [2.05, 4.69) is 15.4 Å². The van der Waals surface area contributed by atoms with Crippen LogP contribution in [0.15, 0.2) is 42.5 Å². The van der Waals surface area contributed by atoms with Gasteiger partial charge in [-0.25, -0.2) is 14.1 Å². The average Bonchev–Trinajstić information content (AvgIpc) is 3.15. The van der Waals surface area contributed by atoms with E-state index < -0.39 is 12.1 Å². The van der Waals surface area contributed by atoms with Crippen LogP contribution in [0.2, 0.25) is 0 Å². The number of morpholine rings is 1. The smallest absolute Gasteiger partial charge is 0.246 e. The minimum absolute atomic E-state index is 0.107. The fraction of sp³-hybridized carbons (Fsp3) is 0.286. The molecule has 156 valence electrons. The van der Waals surface area contributed by atoms with E-state index in [9.17, 15) is 9.18 Å². The Hall–Kier alpha value is -3.46. The third-order valence-corrected chi connectivity index (χ3v) is 4.84. The second kappa shape index (κ2) is 8.11. The third-order valence-electron chi connectivity index (χ3n) is 4.84. The maximum atomic E-state index is 13.4. The molecule has 3 aromatic rings. The summed E-state index contributed by atoms with van der Waals surface area (Å²) >= 11 is 0. The fourth-order valence-electron chi connectivity index (χ4n) is 3.47. The summed E-state index contributed by atoms with van der Waals surface area (Å²) in [5.41, 5.74) is 1.40. The molecule has 2 heterocycles. The molecule has 1 aliphatic rings. The standard InChI is InChI=1S/C21H21FN4O4/c1-12-23-21(26(25-12)15-7-5-14(22)6-8-15)20-19(24-18(27)11-30-20)13-4-9-16(28-2)17(10-13)29-3/h4-10,19-20H,11H2,1-3H3,(H,24,27)/t19-,20+/m1/s1. The van der Waals surface area contributed by atoms with E-state index in [4.69, 9.17) is 14.2 Å². The van der Waals surface area contributed by atoms with Crippen molar-refractivity contribution in [3.63, 3.8) is 0 Å². The van der Waals surface area contributed by atoms with Gasteiger partial charge in [0.1, 0.15) is 24.4 Å². The summed E-state index contributed by atoms with van der Waals surface area (Å²) in [5.74, 6) is 1.55. The van der Waals surface area contributed by atoms with Crippen LogP contribution in [0.25, 0.3) is 5.69 Å². The lowest BCUT2D eigenvalue weighted by molar-refractivity contribution is -0.138. The Labute approximate surface area is 172 Å². The highest BCUT2D eigenvalue weighted by molar-refractivity contribution is 5.78. The Morgan fingerprint density at radius 1 is 1.13 bits per heavy atom. The highest BCUT2D eigenvalue weighted by Gasteiger charge is 2.36. The van der Waals surface area contributed by atoms with Crippen LogP contribution in [-0.4, -0.2) is 41.5 Å². The van der Waals surface area contributed by atoms with Gasteiger partial charge in [0.05, 0.1) is 25.9 Å². The summed E-state index contributed by atoms with van der Waals surface area (Å²) in [5, 5.41) is 7.41. The summed E-state index contributed by atoms with van der Waals surface area (Å²) in [6, 6.07) is 10.8. The van der Waals surface area contributed by atoms with Crippen LogP contribution in [0.4, 0.5) is 4.39 Å². The van der Waals surface area contributed by atoms with Crippen molar-refractivity contribution >= 4 is 5.91 Å². The first-order chi connectivity index (χ1) is 14.5. The van der Waals surface area contributed by atoms with E-state index in [0.717, 1.165) is 5.56 Å². The minimum Gasteiger partial charge on any atom is -0.493 e. The van der Waals surface area contributed by atoms with Crippen molar-refractivity contribution in [1.82, 2.24) is 20.1 Å². The summed E-state index contributed by atoms with van der Waals surface area (Å²) in [6.07, 6.45) is -0.618. The van der Waals surface area contributed by atoms with Gasteiger partial charge in [-0.1, -0.05) is 6.07 Å². The molecule has 30 heavy (non-hydrogen) atoms. The lowest BCUT2D eigenvalue weighted by atomic mass is 9.98. The molecule has 0 unspecified atom stereocenters. The normalized spacial score (nSPS) is 18.7. The van der Waals surface area contributed by atoms with Gasteiger partial charge in [0.2, 0.25) is 5.91 Å². The Balaban J connectivity index is 1.78. The molecular weight excluding hydrogens is 391 g/mol. The fourth-order valence-corrected chi connectivity index (χ4v) is 3.47. The van der Waals surface area contributed by atoms with Gasteiger partial charge in [0.25, 0.3) is 0 Å². The van der Waals surface area contributed by atoms with Crippen LogP contribution in [0.1, 0.15) is 29.4 Å². The molecule has 2 aromatic carbocycles. The van der Waals surface area contributed by atoms with Crippen LogP contribution >= 0.6 is 0 Å². The number of rotatable bonds is 5. The third kappa shape index (κ3) is 3.71. The number of ether oxygens (including phenoxy) is 3. The molecule has 0 saturated carbocycles. The molecule has 0 aliphatic carbocycles. The number of carbonyl (C=O) groups is 1. The first-order valence-electron chi connectivity index (χ1n) is 9.32. The number of nitrogens with one attached hydrogen (secondary N) is 1. The highest BCUT2D eigenvalue weighted by Crippen LogP contribution is 2.38. The molecule has 1 fully saturated rings. The van der Waals surface area contributed by atoms with Gasteiger partial charge in [0.15, 0.2) is 17.3 Å². The first-order valence-corrected chi connectivity index (χ1v) is 9.32. The molecule has 9 heteroatoms. The van der Waals surface area contributed by atoms with E-state index in [0.29, 0.717) is 28.8 Å². The largest absolute Gasteiger partial charge is 0.493 e. The topological polar surface area (TPSA) is 87.5 Å². The van der Waals surface area contributed by atoms with Gasteiger partial charge in [-0.3, -0.25) is 4.79 Å². The number of hydrogen-bond acceptors (Lipinski definition) is 6. The van der Waals surface area contributed by atoms with Crippen LogP contribution in [-0.2, 0) is 9.53 Å². The molecule has 0 bridgehead atoms. The first kappa shape index (κ1) is 19.8. The van der Waals surface area contributed by atoms with Gasteiger partial charge in [-0.05, 0) is 48.9 Å². The van der Waals surface area contributed by atoms with E-state index in [1.165, 1.54) is 12.1 Å². The van der Waals surface area contributed by atoms with Crippen molar-refractivity contribution in [3.8, 4) is 17.2 Å². The summed E-state index contributed by atoms with van der Waals surface area (Å²) in [7, 11) is 3.10. The molecular formula is C21H21FN4O4. The van der Waals surface area contributed by atoms with Crippen molar-refractivity contribution in [2.24, 2.45) is 0 Å².